The van der Waals surface area contributed by atoms with E-state index in [1.807, 2.05) is 25.1 Å². The second kappa shape index (κ2) is 8.84. The minimum Gasteiger partial charge on any atom is -0.462 e. The van der Waals surface area contributed by atoms with Gasteiger partial charge in [-0.25, -0.2) is 4.79 Å². The molecule has 2 aromatic carbocycles. The Bertz CT molecular complexity index is 696. The van der Waals surface area contributed by atoms with E-state index in [0.29, 0.717) is 24.4 Å². The van der Waals surface area contributed by atoms with Gasteiger partial charge in [0.15, 0.2) is 0 Å². The van der Waals surface area contributed by atoms with Crippen LogP contribution in [0.15, 0.2) is 48.5 Å². The maximum atomic E-state index is 11.9. The number of aryl methyl sites for hydroxylation is 1. The summed E-state index contributed by atoms with van der Waals surface area (Å²) in [5.74, 6) is -0.498. The van der Waals surface area contributed by atoms with E-state index in [-0.39, 0.29) is 18.4 Å². The normalized spacial score (nSPS) is 10.2. The van der Waals surface area contributed by atoms with Crippen LogP contribution in [-0.4, -0.2) is 25.0 Å². The molecule has 0 aliphatic carbocycles. The molecule has 0 bridgehead atoms. The zero-order valence-electron chi connectivity index (χ0n) is 14.0. The fraction of sp³-hybridized carbons (Fsp3) is 0.263. The van der Waals surface area contributed by atoms with Crippen molar-refractivity contribution in [3.05, 3.63) is 65.2 Å². The molecule has 0 saturated carbocycles. The molecule has 0 radical (unpaired) electrons. The first kappa shape index (κ1) is 17.7. The third-order valence-electron chi connectivity index (χ3n) is 3.38. The molecule has 0 saturated heterocycles. The van der Waals surface area contributed by atoms with Crippen LogP contribution in [0.4, 0.5) is 5.69 Å². The lowest BCUT2D eigenvalue weighted by atomic mass is 10.1. The Morgan fingerprint density at radius 2 is 1.83 bits per heavy atom. The van der Waals surface area contributed by atoms with Gasteiger partial charge in [0.25, 0.3) is 0 Å². The number of rotatable bonds is 7. The standard InChI is InChI=1S/C19H22N2O3/c1-3-24-19(23)16-7-9-17(10-8-16)21-18(22)13-20-12-15-6-4-5-14(2)11-15/h4-11,20H,3,12-13H2,1-2H3,(H,21,22). The van der Waals surface area contributed by atoms with Gasteiger partial charge in [0.05, 0.1) is 18.7 Å². The first-order valence-corrected chi connectivity index (χ1v) is 7.92. The summed E-state index contributed by atoms with van der Waals surface area (Å²) in [5.41, 5.74) is 3.44. The van der Waals surface area contributed by atoms with E-state index < -0.39 is 0 Å². The maximum absolute atomic E-state index is 11.9. The molecule has 0 unspecified atom stereocenters. The molecule has 0 fully saturated rings. The van der Waals surface area contributed by atoms with Gasteiger partial charge < -0.3 is 15.4 Å². The van der Waals surface area contributed by atoms with Crippen LogP contribution in [-0.2, 0) is 16.1 Å². The van der Waals surface area contributed by atoms with Crippen LogP contribution in [0.2, 0.25) is 0 Å². The van der Waals surface area contributed by atoms with Crippen molar-refractivity contribution in [3.8, 4) is 0 Å². The zero-order chi connectivity index (χ0) is 17.4. The number of anilines is 1. The smallest absolute Gasteiger partial charge is 0.338 e. The molecule has 2 N–H and O–H groups in total. The Hall–Kier alpha value is -2.66. The minimum absolute atomic E-state index is 0.133. The molecule has 2 aromatic rings. The number of esters is 1. The molecule has 1 amide bonds. The topological polar surface area (TPSA) is 67.4 Å². The summed E-state index contributed by atoms with van der Waals surface area (Å²) < 4.78 is 4.92. The van der Waals surface area contributed by atoms with E-state index in [2.05, 4.69) is 16.7 Å². The molecule has 24 heavy (non-hydrogen) atoms. The van der Waals surface area contributed by atoms with Gasteiger partial charge in [0.1, 0.15) is 0 Å². The van der Waals surface area contributed by atoms with Crippen molar-refractivity contribution in [2.75, 3.05) is 18.5 Å². The highest BCUT2D eigenvalue weighted by atomic mass is 16.5. The second-order valence-corrected chi connectivity index (χ2v) is 5.44. The Balaban J connectivity index is 1.78. The van der Waals surface area contributed by atoms with Gasteiger partial charge in [-0.05, 0) is 43.7 Å². The molecule has 0 aromatic heterocycles. The van der Waals surface area contributed by atoms with Crippen molar-refractivity contribution in [1.82, 2.24) is 5.32 Å². The lowest BCUT2D eigenvalue weighted by Gasteiger charge is -2.08. The van der Waals surface area contributed by atoms with Crippen LogP contribution in [0.3, 0.4) is 0 Å². The van der Waals surface area contributed by atoms with Gasteiger partial charge in [-0.15, -0.1) is 0 Å². The Morgan fingerprint density at radius 3 is 2.50 bits per heavy atom. The van der Waals surface area contributed by atoms with Crippen molar-refractivity contribution in [1.29, 1.82) is 0 Å². The Kier molecular flexibility index (Phi) is 6.51. The van der Waals surface area contributed by atoms with Gasteiger partial charge in [0.2, 0.25) is 5.91 Å². The first-order chi connectivity index (χ1) is 11.6. The van der Waals surface area contributed by atoms with E-state index in [9.17, 15) is 9.59 Å². The van der Waals surface area contributed by atoms with Gasteiger partial charge in [-0.1, -0.05) is 29.8 Å². The van der Waals surface area contributed by atoms with E-state index in [1.165, 1.54) is 5.56 Å². The third kappa shape index (κ3) is 5.52. The highest BCUT2D eigenvalue weighted by Crippen LogP contribution is 2.10. The monoisotopic (exact) mass is 326 g/mol. The van der Waals surface area contributed by atoms with Crippen molar-refractivity contribution >= 4 is 17.6 Å². The Morgan fingerprint density at radius 1 is 1.08 bits per heavy atom. The lowest BCUT2D eigenvalue weighted by Crippen LogP contribution is -2.27. The quantitative estimate of drug-likeness (QED) is 0.768. The van der Waals surface area contributed by atoms with Crippen molar-refractivity contribution in [3.63, 3.8) is 0 Å². The molecule has 0 spiro atoms. The van der Waals surface area contributed by atoms with Gasteiger partial charge >= 0.3 is 5.97 Å². The van der Waals surface area contributed by atoms with Crippen LogP contribution in [0.1, 0.15) is 28.4 Å². The van der Waals surface area contributed by atoms with E-state index >= 15 is 0 Å². The molecular weight excluding hydrogens is 304 g/mol. The van der Waals surface area contributed by atoms with Gasteiger partial charge in [-0.3, -0.25) is 4.79 Å². The molecule has 0 aliphatic rings. The fourth-order valence-corrected chi connectivity index (χ4v) is 2.25. The summed E-state index contributed by atoms with van der Waals surface area (Å²) >= 11 is 0. The number of carbonyl (C=O) groups is 2. The molecule has 5 nitrogen and oxygen atoms in total. The van der Waals surface area contributed by atoms with E-state index in [0.717, 1.165) is 5.56 Å². The summed E-state index contributed by atoms with van der Waals surface area (Å²) in [4.78, 5) is 23.5. The number of carbonyl (C=O) groups excluding carboxylic acids is 2. The molecule has 2 rings (SSSR count). The highest BCUT2D eigenvalue weighted by molar-refractivity contribution is 5.93. The predicted molar refractivity (Wildman–Crippen MR) is 93.9 cm³/mol. The number of amides is 1. The minimum atomic E-state index is -0.366. The largest absolute Gasteiger partial charge is 0.462 e. The zero-order valence-corrected chi connectivity index (χ0v) is 14.0. The summed E-state index contributed by atoms with van der Waals surface area (Å²) in [6, 6.07) is 14.8. The lowest BCUT2D eigenvalue weighted by molar-refractivity contribution is -0.115. The van der Waals surface area contributed by atoms with Gasteiger partial charge in [0, 0.05) is 12.2 Å². The maximum Gasteiger partial charge on any atom is 0.338 e. The summed E-state index contributed by atoms with van der Waals surface area (Å²) in [7, 11) is 0. The van der Waals surface area contributed by atoms with Crippen LogP contribution in [0, 0.1) is 6.92 Å². The average molecular weight is 326 g/mol. The summed E-state index contributed by atoms with van der Waals surface area (Å²) in [6.45, 7) is 4.99. The molecule has 0 aliphatic heterocycles. The van der Waals surface area contributed by atoms with E-state index in [1.54, 1.807) is 31.2 Å². The number of hydrogen-bond acceptors (Lipinski definition) is 4. The predicted octanol–water partition coefficient (Wildman–Crippen LogP) is 2.90. The molecular formula is C19H22N2O3. The van der Waals surface area contributed by atoms with Crippen molar-refractivity contribution in [2.24, 2.45) is 0 Å². The van der Waals surface area contributed by atoms with E-state index in [4.69, 9.17) is 4.74 Å². The third-order valence-corrected chi connectivity index (χ3v) is 3.38. The first-order valence-electron chi connectivity index (χ1n) is 7.92. The molecule has 0 heterocycles. The Labute approximate surface area is 142 Å². The summed E-state index contributed by atoms with van der Waals surface area (Å²) in [6.07, 6.45) is 0. The SMILES string of the molecule is CCOC(=O)c1ccc(NC(=O)CNCc2cccc(C)c2)cc1. The van der Waals surface area contributed by atoms with Crippen LogP contribution >= 0.6 is 0 Å². The summed E-state index contributed by atoms with van der Waals surface area (Å²) in [5, 5.41) is 5.89. The van der Waals surface area contributed by atoms with Gasteiger partial charge in [-0.2, -0.15) is 0 Å². The number of nitrogens with one attached hydrogen (secondary N) is 2. The number of benzene rings is 2. The van der Waals surface area contributed by atoms with Crippen LogP contribution in [0.5, 0.6) is 0 Å². The number of hydrogen-bond donors (Lipinski definition) is 2. The highest BCUT2D eigenvalue weighted by Gasteiger charge is 2.07. The second-order valence-electron chi connectivity index (χ2n) is 5.44. The molecule has 126 valence electrons. The number of ether oxygens (including phenoxy) is 1. The molecule has 0 atom stereocenters. The van der Waals surface area contributed by atoms with Crippen LogP contribution < -0.4 is 10.6 Å². The average Bonchev–Trinajstić information content (AvgIpc) is 2.56. The van der Waals surface area contributed by atoms with Crippen molar-refractivity contribution in [2.45, 2.75) is 20.4 Å². The van der Waals surface area contributed by atoms with Crippen molar-refractivity contribution < 1.29 is 14.3 Å². The fourth-order valence-electron chi connectivity index (χ4n) is 2.25. The molecule has 5 heteroatoms. The van der Waals surface area contributed by atoms with Crippen LogP contribution in [0.25, 0.3) is 0 Å².